The summed E-state index contributed by atoms with van der Waals surface area (Å²) in [6.07, 6.45) is 0. The second kappa shape index (κ2) is 29.5. The van der Waals surface area contributed by atoms with Crippen LogP contribution in [0.1, 0.15) is 50.1 Å². The van der Waals surface area contributed by atoms with Crippen molar-refractivity contribution >= 4 is 152 Å². The van der Waals surface area contributed by atoms with Crippen molar-refractivity contribution in [2.45, 2.75) is 17.8 Å². The Kier molecular flexibility index (Phi) is 16.5. The maximum Gasteiger partial charge on any atom is 0.0725 e. The highest BCUT2D eigenvalue weighted by Crippen LogP contribution is 2.66. The molecule has 0 amide bonds. The lowest BCUT2D eigenvalue weighted by molar-refractivity contribution is 0.795. The minimum absolute atomic E-state index is 0.310. The summed E-state index contributed by atoms with van der Waals surface area (Å²) < 4.78 is 7.22. The summed E-state index contributed by atoms with van der Waals surface area (Å²) in [6.45, 7) is 2.19. The van der Waals surface area contributed by atoms with Gasteiger partial charge in [0.2, 0.25) is 0 Å². The topological polar surface area (TPSA) is 30.6 Å². The maximum atomic E-state index is 3.53. The predicted octanol–water partition coefficient (Wildman–Crippen LogP) is 35.2. The molecule has 4 heteroatoms. The summed E-state index contributed by atoms with van der Waals surface area (Å²) in [6, 6.07) is 181. The molecule has 0 saturated heterocycles. The Balaban J connectivity index is 0.000000109. The number of H-pyrrole nitrogens is 1. The first kappa shape index (κ1) is 77.5. The van der Waals surface area contributed by atoms with Gasteiger partial charge in [0.15, 0.2) is 0 Å². The van der Waals surface area contributed by atoms with E-state index in [1.54, 1.807) is 0 Å². The van der Waals surface area contributed by atoms with E-state index in [9.17, 15) is 0 Å². The van der Waals surface area contributed by atoms with Crippen molar-refractivity contribution in [3.63, 3.8) is 0 Å². The summed E-state index contributed by atoms with van der Waals surface area (Å²) in [4.78, 5) is 3.53. The van der Waals surface area contributed by atoms with E-state index < -0.39 is 5.41 Å². The van der Waals surface area contributed by atoms with Crippen molar-refractivity contribution in [1.82, 2.24) is 18.7 Å². The van der Waals surface area contributed by atoms with Gasteiger partial charge in [0, 0.05) is 71.2 Å². The number of para-hydroxylation sites is 6. The SMILES string of the molecule is Cc1ccc2c(c1)c1ccccc1c1cc3c(cc21)C1(c2ccccc2-c2ccccc21)c1ccccc1-3.c1ccc(-n2c3ccccc3c3cc(-c4ccc5[nH]c6ccccc6c5c4)ccc32)cc1.c1ccc(-n2c3ccccc3c3cc(-c4ccc5c(c4)c4ccccc4n5-c4ccc5c(c4)c4ccccc4c4cc6c(cc54)C4(c5ccccc5-c5ccccc54)c4ccccc4-6)ccc32)cc1. The molecule has 0 radical (unpaired) electrons. The lowest BCUT2D eigenvalue weighted by Crippen LogP contribution is -2.25. The van der Waals surface area contributed by atoms with Crippen molar-refractivity contribution in [1.29, 1.82) is 0 Å². The molecule has 0 atom stereocenters. The number of aromatic amines is 1. The molecule has 4 aromatic heterocycles. The van der Waals surface area contributed by atoms with Crippen LogP contribution < -0.4 is 0 Å². The molecule has 4 nitrogen and oxygen atoms in total. The molecular formula is C135H84N4. The van der Waals surface area contributed by atoms with E-state index in [4.69, 9.17) is 0 Å². The molecule has 0 aliphatic heterocycles. The van der Waals surface area contributed by atoms with Crippen LogP contribution in [0, 0.1) is 6.92 Å². The third kappa shape index (κ3) is 10.9. The molecule has 0 saturated carbocycles. The molecule has 2 spiro atoms. The van der Waals surface area contributed by atoms with E-state index in [2.05, 4.69) is 511 Å². The van der Waals surface area contributed by atoms with Crippen LogP contribution in [0.5, 0.6) is 0 Å². The van der Waals surface area contributed by atoms with E-state index in [-0.39, 0.29) is 5.41 Å². The quantitative estimate of drug-likeness (QED) is 0.167. The van der Waals surface area contributed by atoms with E-state index in [1.165, 1.54) is 280 Å². The molecule has 0 bridgehead atoms. The molecule has 644 valence electrons. The van der Waals surface area contributed by atoms with Crippen LogP contribution in [0.2, 0.25) is 0 Å². The average Bonchev–Trinajstić information content (AvgIpc) is 1.50. The number of hydrogen-bond acceptors (Lipinski definition) is 0. The third-order valence-corrected chi connectivity index (χ3v) is 31.5. The zero-order chi connectivity index (χ0) is 91.0. The maximum absolute atomic E-state index is 3.53. The van der Waals surface area contributed by atoms with Gasteiger partial charge in [-0.3, -0.25) is 0 Å². The minimum Gasteiger partial charge on any atom is -0.355 e. The van der Waals surface area contributed by atoms with Crippen molar-refractivity contribution < 1.29 is 0 Å². The molecule has 4 heterocycles. The second-order valence-corrected chi connectivity index (χ2v) is 38.4. The first-order chi connectivity index (χ1) is 68.9. The van der Waals surface area contributed by atoms with Crippen LogP contribution in [-0.2, 0) is 10.8 Å². The van der Waals surface area contributed by atoms with Crippen molar-refractivity contribution in [2.75, 3.05) is 0 Å². The summed E-state index contributed by atoms with van der Waals surface area (Å²) in [5, 5.41) is 25.8. The number of benzene rings is 24. The number of rotatable bonds is 5. The molecule has 24 aromatic carbocycles. The van der Waals surface area contributed by atoms with Crippen molar-refractivity contribution in [3.8, 4) is 83.8 Å². The Labute approximate surface area is 801 Å². The highest BCUT2D eigenvalue weighted by molar-refractivity contribution is 6.29. The Morgan fingerprint density at radius 1 is 0.151 bits per heavy atom. The van der Waals surface area contributed by atoms with Crippen LogP contribution in [0.15, 0.2) is 485 Å². The molecule has 1 N–H and O–H groups in total. The zero-order valence-electron chi connectivity index (χ0n) is 76.0. The highest BCUT2D eigenvalue weighted by atomic mass is 15.0. The van der Waals surface area contributed by atoms with Gasteiger partial charge in [-0.2, -0.15) is 0 Å². The molecule has 139 heavy (non-hydrogen) atoms. The number of hydrogen-bond donors (Lipinski definition) is 1. The standard InChI is InChI=1S/C67H40N2.C38H24.C30H20N2/c1-2-16-43(17-3-1)68-63-28-14-9-23-51(63)57-36-41(30-34-65(57)68)42-31-35-66-58(37-42)52-24-10-15-29-64(52)69(66)44-32-33-47-53(38-44)45-18-4-5-19-46(45)54-39-56-50-22-8-13-27-61(50)67(62(56)40-55(47)54)59-25-11-6-20-48(59)49-21-7-12-26-60(49)67;1-23-18-19-26-30(20-23)24-10-2-3-11-25(24)31-21-33-29-14-6-9-17-36(29)38(37(33)22-32(26)31)34-15-7-4-12-27(34)28-13-5-8-16-35(28)38;1-2-8-22(9-3-1)32-29-13-7-5-11-24(29)26-19-21(15-17-30(26)32)20-14-16-28-25(18-20)23-10-4-6-12-27(23)31-28/h1-40H;2-22H,1H3;1-19,31H. The van der Waals surface area contributed by atoms with E-state index in [0.29, 0.717) is 0 Å². The smallest absolute Gasteiger partial charge is 0.0725 e. The zero-order valence-corrected chi connectivity index (χ0v) is 76.0. The molecule has 4 aliphatic rings. The fraction of sp³-hybridized carbons (Fsp3) is 0.0222. The van der Waals surface area contributed by atoms with Gasteiger partial charge in [-0.25, -0.2) is 0 Å². The van der Waals surface area contributed by atoms with Gasteiger partial charge in [-0.05, 0) is 316 Å². The Morgan fingerprint density at radius 2 is 0.424 bits per heavy atom. The summed E-state index contributed by atoms with van der Waals surface area (Å²) in [5.74, 6) is 0. The number of nitrogens with one attached hydrogen (secondary N) is 1. The number of aryl methyl sites for hydroxylation is 1. The molecule has 28 aromatic rings. The van der Waals surface area contributed by atoms with E-state index >= 15 is 0 Å². The van der Waals surface area contributed by atoms with Gasteiger partial charge in [0.25, 0.3) is 0 Å². The summed E-state index contributed by atoms with van der Waals surface area (Å²) in [5.41, 5.74) is 40.4. The number of nitrogens with zero attached hydrogens (tertiary/aromatic N) is 3. The van der Waals surface area contributed by atoms with Gasteiger partial charge in [0.1, 0.15) is 0 Å². The highest BCUT2D eigenvalue weighted by Gasteiger charge is 2.54. The van der Waals surface area contributed by atoms with Gasteiger partial charge >= 0.3 is 0 Å². The van der Waals surface area contributed by atoms with Crippen LogP contribution in [-0.4, -0.2) is 18.7 Å². The van der Waals surface area contributed by atoms with Crippen LogP contribution >= 0.6 is 0 Å². The monoisotopic (exact) mass is 1760 g/mol. The van der Waals surface area contributed by atoms with E-state index in [0.717, 1.165) is 5.69 Å². The molecule has 4 aliphatic carbocycles. The first-order valence-electron chi connectivity index (χ1n) is 48.5. The number of fused-ring (bicyclic) bond motifs is 44. The molecule has 0 fully saturated rings. The van der Waals surface area contributed by atoms with Gasteiger partial charge in [0.05, 0.1) is 43.9 Å². The second-order valence-electron chi connectivity index (χ2n) is 38.4. The average molecular weight is 1760 g/mol. The molecule has 0 unspecified atom stereocenters. The minimum atomic E-state index is -0.403. The Hall–Kier alpha value is -18.0. The van der Waals surface area contributed by atoms with Gasteiger partial charge < -0.3 is 18.7 Å². The number of aromatic nitrogens is 4. The summed E-state index contributed by atoms with van der Waals surface area (Å²) in [7, 11) is 0. The van der Waals surface area contributed by atoms with Crippen LogP contribution in [0.3, 0.4) is 0 Å². The fourth-order valence-corrected chi connectivity index (χ4v) is 25.8. The predicted molar refractivity (Wildman–Crippen MR) is 585 cm³/mol. The largest absolute Gasteiger partial charge is 0.355 e. The third-order valence-electron chi connectivity index (χ3n) is 31.5. The van der Waals surface area contributed by atoms with Crippen LogP contribution in [0.4, 0.5) is 0 Å². The lowest BCUT2D eigenvalue weighted by atomic mass is 9.70. The van der Waals surface area contributed by atoms with Crippen LogP contribution in [0.25, 0.3) is 236 Å². The van der Waals surface area contributed by atoms with Gasteiger partial charge in [-0.1, -0.05) is 357 Å². The molecule has 32 rings (SSSR count). The van der Waals surface area contributed by atoms with Crippen molar-refractivity contribution in [3.05, 3.63) is 535 Å². The Bertz CT molecular complexity index is 10100. The summed E-state index contributed by atoms with van der Waals surface area (Å²) >= 11 is 0. The molecular weight excluding hydrogens is 1680 g/mol. The Morgan fingerprint density at radius 3 is 0.827 bits per heavy atom. The van der Waals surface area contributed by atoms with E-state index in [1.807, 2.05) is 0 Å². The normalized spacial score (nSPS) is 13.2. The first-order valence-corrected chi connectivity index (χ1v) is 48.5. The van der Waals surface area contributed by atoms with Crippen molar-refractivity contribution in [2.24, 2.45) is 0 Å². The van der Waals surface area contributed by atoms with Gasteiger partial charge in [-0.15, -0.1) is 0 Å². The lowest BCUT2D eigenvalue weighted by Gasteiger charge is -2.30. The fourth-order valence-electron chi connectivity index (χ4n) is 25.8.